The van der Waals surface area contributed by atoms with Crippen molar-refractivity contribution >= 4 is 5.97 Å². The molecule has 0 amide bonds. The van der Waals surface area contributed by atoms with Crippen LogP contribution in [0.5, 0.6) is 0 Å². The Kier molecular flexibility index (Phi) is 4.13. The highest BCUT2D eigenvalue weighted by Crippen LogP contribution is 1.82. The predicted molar refractivity (Wildman–Crippen MR) is 33.9 cm³/mol. The van der Waals surface area contributed by atoms with Gasteiger partial charge in [0.05, 0.1) is 0 Å². The minimum Gasteiger partial charge on any atom is -0.258 e. The maximum atomic E-state index is 12.1. The van der Waals surface area contributed by atoms with Gasteiger partial charge >= 0.3 is 0 Å². The molecule has 0 unspecified atom stereocenters. The van der Waals surface area contributed by atoms with Gasteiger partial charge < -0.3 is 0 Å². The summed E-state index contributed by atoms with van der Waals surface area (Å²) >= 11 is 0. The van der Waals surface area contributed by atoms with Gasteiger partial charge in [0, 0.05) is 6.54 Å². The molecule has 0 rings (SSSR count). The highest BCUT2D eigenvalue weighted by atomic mass is 19.1. The highest BCUT2D eigenvalue weighted by molar-refractivity contribution is 5.86. The fourth-order valence-corrected chi connectivity index (χ4v) is 0.341. The molecule has 0 saturated carbocycles. The van der Waals surface area contributed by atoms with Gasteiger partial charge in [-0.1, -0.05) is 6.08 Å². The zero-order valence-corrected chi connectivity index (χ0v) is 5.19. The smallest absolute Gasteiger partial charge is 0.207 e. The molecule has 2 heteroatoms. The van der Waals surface area contributed by atoms with Crippen LogP contribution in [0.25, 0.3) is 0 Å². The molecule has 0 saturated heterocycles. The molecule has 46 valence electrons. The Bertz CT molecular complexity index is 105. The van der Waals surface area contributed by atoms with E-state index in [4.69, 9.17) is 0 Å². The third kappa shape index (κ3) is 3.53. The number of hydrogen-bond acceptors (Lipinski definition) is 1. The average Bonchev–Trinajstić information content (AvgIpc) is 1.68. The van der Waals surface area contributed by atoms with Gasteiger partial charge in [-0.15, -0.1) is 0 Å². The lowest BCUT2D eigenvalue weighted by atomic mass is 10.5. The largest absolute Gasteiger partial charge is 0.258 e. The van der Waals surface area contributed by atoms with Crippen molar-refractivity contribution in [3.8, 4) is 0 Å². The summed E-state index contributed by atoms with van der Waals surface area (Å²) in [6.07, 6.45) is 2.96. The average molecular weight is 115 g/mol. The third-order valence-electron chi connectivity index (χ3n) is 0.613. The van der Waals surface area contributed by atoms with E-state index in [-0.39, 0.29) is 0 Å². The molecule has 0 aromatic rings. The van der Waals surface area contributed by atoms with Crippen molar-refractivity contribution in [2.75, 3.05) is 6.54 Å². The van der Waals surface area contributed by atoms with Crippen LogP contribution in [0, 0.1) is 0 Å². The Hall–Kier alpha value is -0.660. The normalized spacial score (nSPS) is 13.1. The van der Waals surface area contributed by atoms with Crippen molar-refractivity contribution in [1.82, 2.24) is 0 Å². The van der Waals surface area contributed by atoms with Crippen molar-refractivity contribution in [2.45, 2.75) is 13.8 Å². The Balaban J connectivity index is 3.61. The van der Waals surface area contributed by atoms with Crippen LogP contribution < -0.4 is 0 Å². The molecule has 0 radical (unpaired) electrons. The number of nitrogens with zero attached hydrogens (tertiary/aromatic N) is 1. The first-order valence-corrected chi connectivity index (χ1v) is 2.64. The summed E-state index contributed by atoms with van der Waals surface area (Å²) < 4.78 is 12.1. The molecule has 0 spiro atoms. The fourth-order valence-electron chi connectivity index (χ4n) is 0.341. The van der Waals surface area contributed by atoms with Crippen molar-refractivity contribution in [3.05, 3.63) is 12.2 Å². The van der Waals surface area contributed by atoms with E-state index >= 15 is 0 Å². The summed E-state index contributed by atoms with van der Waals surface area (Å²) in [6, 6.07) is 0. The summed E-state index contributed by atoms with van der Waals surface area (Å²) in [4.78, 5) is 3.48. The lowest BCUT2D eigenvalue weighted by Crippen LogP contribution is -1.81. The number of allylic oxidation sites excluding steroid dienone is 2. The second-order valence-electron chi connectivity index (χ2n) is 1.30. The van der Waals surface area contributed by atoms with E-state index in [1.807, 2.05) is 0 Å². The molecular formula is C6H10FN. The molecule has 0 heterocycles. The van der Waals surface area contributed by atoms with Gasteiger partial charge in [-0.05, 0) is 19.9 Å². The Morgan fingerprint density at radius 3 is 2.75 bits per heavy atom. The van der Waals surface area contributed by atoms with Gasteiger partial charge in [0.15, 0.2) is 0 Å². The molecular weight excluding hydrogens is 105 g/mol. The van der Waals surface area contributed by atoms with E-state index < -0.39 is 5.97 Å². The van der Waals surface area contributed by atoms with Gasteiger partial charge in [0.25, 0.3) is 0 Å². The van der Waals surface area contributed by atoms with Crippen LogP contribution >= 0.6 is 0 Å². The molecule has 0 aliphatic rings. The van der Waals surface area contributed by atoms with Crippen molar-refractivity contribution in [3.63, 3.8) is 0 Å². The van der Waals surface area contributed by atoms with Crippen LogP contribution in [0.3, 0.4) is 0 Å². The fraction of sp³-hybridized carbons (Fsp3) is 0.500. The Labute approximate surface area is 48.9 Å². The Morgan fingerprint density at radius 1 is 1.75 bits per heavy atom. The molecule has 0 N–H and O–H groups in total. The number of rotatable bonds is 2. The summed E-state index contributed by atoms with van der Waals surface area (Å²) in [7, 11) is 0. The van der Waals surface area contributed by atoms with Crippen LogP contribution in [0.4, 0.5) is 4.39 Å². The van der Waals surface area contributed by atoms with E-state index in [0.717, 1.165) is 0 Å². The first-order valence-electron chi connectivity index (χ1n) is 2.64. The molecule has 0 aromatic carbocycles. The van der Waals surface area contributed by atoms with Crippen LogP contribution in [-0.2, 0) is 0 Å². The van der Waals surface area contributed by atoms with Crippen molar-refractivity contribution < 1.29 is 4.39 Å². The van der Waals surface area contributed by atoms with E-state index in [9.17, 15) is 4.39 Å². The number of halogens is 1. The topological polar surface area (TPSA) is 12.4 Å². The van der Waals surface area contributed by atoms with Gasteiger partial charge in [0.2, 0.25) is 5.97 Å². The minimum atomic E-state index is -0.394. The van der Waals surface area contributed by atoms with Crippen molar-refractivity contribution in [1.29, 1.82) is 0 Å². The van der Waals surface area contributed by atoms with Gasteiger partial charge in [0.1, 0.15) is 0 Å². The van der Waals surface area contributed by atoms with Crippen LogP contribution in [0.2, 0.25) is 0 Å². The summed E-state index contributed by atoms with van der Waals surface area (Å²) in [5, 5.41) is 0. The molecule has 0 fully saturated rings. The summed E-state index contributed by atoms with van der Waals surface area (Å²) in [5.41, 5.74) is 0. The van der Waals surface area contributed by atoms with E-state index in [0.29, 0.717) is 6.54 Å². The number of hydrogen-bond donors (Lipinski definition) is 0. The van der Waals surface area contributed by atoms with E-state index in [2.05, 4.69) is 4.99 Å². The van der Waals surface area contributed by atoms with Crippen molar-refractivity contribution in [2.24, 2.45) is 4.99 Å². The predicted octanol–water partition coefficient (Wildman–Crippen LogP) is 1.95. The van der Waals surface area contributed by atoms with Gasteiger partial charge in [-0.2, -0.15) is 4.39 Å². The van der Waals surface area contributed by atoms with E-state index in [1.165, 1.54) is 6.08 Å². The molecule has 0 aromatic heterocycles. The summed E-state index contributed by atoms with van der Waals surface area (Å²) in [5.74, 6) is -0.394. The molecule has 0 aliphatic carbocycles. The second kappa shape index (κ2) is 4.50. The number of aliphatic imine (C=N–C) groups is 1. The lowest BCUT2D eigenvalue weighted by Gasteiger charge is -1.80. The third-order valence-corrected chi connectivity index (χ3v) is 0.613. The highest BCUT2D eigenvalue weighted by Gasteiger charge is 1.81. The second-order valence-corrected chi connectivity index (χ2v) is 1.30. The molecule has 8 heavy (non-hydrogen) atoms. The van der Waals surface area contributed by atoms with Crippen LogP contribution in [-0.4, -0.2) is 12.5 Å². The maximum absolute atomic E-state index is 12.1. The molecule has 1 nitrogen and oxygen atoms in total. The monoisotopic (exact) mass is 115 g/mol. The van der Waals surface area contributed by atoms with Crippen LogP contribution in [0.15, 0.2) is 17.1 Å². The standard InChI is InChI=1S/C6H10FN/c1-3-5-6(7)8-4-2/h3,5H,4H2,1-2H3/b5-3-,8-6?. The first-order chi connectivity index (χ1) is 3.81. The molecule has 0 atom stereocenters. The van der Waals surface area contributed by atoms with Crippen LogP contribution in [0.1, 0.15) is 13.8 Å². The Morgan fingerprint density at radius 2 is 2.38 bits per heavy atom. The molecule has 0 aliphatic heterocycles. The quantitative estimate of drug-likeness (QED) is 0.488. The molecule has 0 bridgehead atoms. The first kappa shape index (κ1) is 7.34. The maximum Gasteiger partial charge on any atom is 0.207 e. The SMILES string of the molecule is C/C=C\C(F)=NCC. The van der Waals surface area contributed by atoms with Gasteiger partial charge in [-0.25, -0.2) is 0 Å². The van der Waals surface area contributed by atoms with Gasteiger partial charge in [-0.3, -0.25) is 4.99 Å². The lowest BCUT2D eigenvalue weighted by molar-refractivity contribution is 0.800. The zero-order chi connectivity index (χ0) is 6.41. The zero-order valence-electron chi connectivity index (χ0n) is 5.19. The summed E-state index contributed by atoms with van der Waals surface area (Å²) in [6.45, 7) is 4.06. The van der Waals surface area contributed by atoms with E-state index in [1.54, 1.807) is 19.9 Å². The minimum absolute atomic E-state index is 0.394.